The fourth-order valence-corrected chi connectivity index (χ4v) is 6.47. The van der Waals surface area contributed by atoms with Crippen LogP contribution >= 0.6 is 0 Å². The van der Waals surface area contributed by atoms with Crippen molar-refractivity contribution in [3.63, 3.8) is 0 Å². The Balaban J connectivity index is 3.88. The van der Waals surface area contributed by atoms with Crippen LogP contribution in [0.4, 0.5) is 0 Å². The molecule has 0 aliphatic heterocycles. The predicted octanol–water partition coefficient (Wildman–Crippen LogP) is 11.1. The predicted molar refractivity (Wildman–Crippen MR) is 217 cm³/mol. The average Bonchev–Trinajstić information content (AvgIpc) is 3.14. The van der Waals surface area contributed by atoms with Gasteiger partial charge in [-0.1, -0.05) is 149 Å². The van der Waals surface area contributed by atoms with E-state index in [0.29, 0.717) is 45.9 Å². The fraction of sp³-hybridized carbons (Fsp3) is 0.955. The molecule has 0 aliphatic rings. The van der Waals surface area contributed by atoms with E-state index in [2.05, 4.69) is 25.7 Å². The van der Waals surface area contributed by atoms with Crippen molar-refractivity contribution >= 4 is 11.9 Å². The molecule has 0 spiro atoms. The molecule has 0 fully saturated rings. The van der Waals surface area contributed by atoms with Gasteiger partial charge < -0.3 is 29.0 Å². The smallest absolute Gasteiger partial charge is 0.306 e. The number of aliphatic hydroxyl groups excluding tert-OH is 1. The van der Waals surface area contributed by atoms with E-state index in [0.717, 1.165) is 90.3 Å². The van der Waals surface area contributed by atoms with E-state index in [-0.39, 0.29) is 24.6 Å². The number of hydrogen-bond acceptors (Lipinski definition) is 8. The van der Waals surface area contributed by atoms with Crippen molar-refractivity contribution in [1.29, 1.82) is 0 Å². The Morgan fingerprint density at radius 3 is 1.33 bits per heavy atom. The van der Waals surface area contributed by atoms with Crippen LogP contribution in [0.2, 0.25) is 0 Å². The molecule has 0 rings (SSSR count). The highest BCUT2D eigenvalue weighted by molar-refractivity contribution is 5.69. The highest BCUT2D eigenvalue weighted by Gasteiger charge is 2.15. The molecule has 52 heavy (non-hydrogen) atoms. The Hall–Kier alpha value is -1.22. The molecule has 0 aromatic carbocycles. The van der Waals surface area contributed by atoms with Gasteiger partial charge in [0, 0.05) is 32.6 Å². The van der Waals surface area contributed by atoms with E-state index >= 15 is 0 Å². The summed E-state index contributed by atoms with van der Waals surface area (Å²) in [6, 6.07) is 0. The SMILES string of the molecule is CCCCCCCCCOC(=O)CCCCCCCN(CCO)CCCCCCCCCC(=O)OC(COCCCCCC)COCCCCCC. The highest BCUT2D eigenvalue weighted by atomic mass is 16.6. The van der Waals surface area contributed by atoms with Gasteiger partial charge in [-0.2, -0.15) is 0 Å². The summed E-state index contributed by atoms with van der Waals surface area (Å²) in [4.78, 5) is 26.9. The third-order valence-electron chi connectivity index (χ3n) is 9.83. The molecule has 0 aromatic rings. The molecule has 0 radical (unpaired) electrons. The number of hydrogen-bond donors (Lipinski definition) is 1. The van der Waals surface area contributed by atoms with Gasteiger partial charge in [0.1, 0.15) is 6.10 Å². The van der Waals surface area contributed by atoms with Crippen LogP contribution in [0.15, 0.2) is 0 Å². The molecule has 0 saturated heterocycles. The van der Waals surface area contributed by atoms with Crippen molar-refractivity contribution in [2.75, 3.05) is 59.3 Å². The van der Waals surface area contributed by atoms with Gasteiger partial charge in [0.25, 0.3) is 0 Å². The van der Waals surface area contributed by atoms with Crippen LogP contribution in [-0.4, -0.2) is 87.3 Å². The Labute approximate surface area is 322 Å². The first kappa shape index (κ1) is 50.8. The van der Waals surface area contributed by atoms with Gasteiger partial charge >= 0.3 is 11.9 Å². The maximum atomic E-state index is 12.6. The lowest BCUT2D eigenvalue weighted by Gasteiger charge is -2.21. The molecule has 8 heteroatoms. The number of esters is 2. The zero-order valence-electron chi connectivity index (χ0n) is 34.8. The van der Waals surface area contributed by atoms with E-state index in [1.54, 1.807) is 0 Å². The van der Waals surface area contributed by atoms with Crippen LogP contribution in [0.5, 0.6) is 0 Å². The van der Waals surface area contributed by atoms with Crippen molar-refractivity contribution < 1.29 is 33.6 Å². The Bertz CT molecular complexity index is 721. The summed E-state index contributed by atoms with van der Waals surface area (Å²) >= 11 is 0. The Morgan fingerprint density at radius 1 is 0.462 bits per heavy atom. The van der Waals surface area contributed by atoms with Gasteiger partial charge in [-0.15, -0.1) is 0 Å². The Morgan fingerprint density at radius 2 is 0.846 bits per heavy atom. The first-order valence-corrected chi connectivity index (χ1v) is 22.4. The second-order valence-corrected chi connectivity index (χ2v) is 15.0. The summed E-state index contributed by atoms with van der Waals surface area (Å²) in [5, 5.41) is 9.52. The van der Waals surface area contributed by atoms with Crippen LogP contribution in [0, 0.1) is 0 Å². The van der Waals surface area contributed by atoms with Gasteiger partial charge in [-0.3, -0.25) is 9.59 Å². The number of nitrogens with zero attached hydrogens (tertiary/aromatic N) is 1. The van der Waals surface area contributed by atoms with Crippen LogP contribution in [0.25, 0.3) is 0 Å². The summed E-state index contributed by atoms with van der Waals surface area (Å²) in [6.45, 7) is 12.5. The standard InChI is InChI=1S/C44H87NO7/c1-4-7-10-13-17-23-30-39-51-43(47)31-24-20-18-22-27-34-45(35-36-46)33-26-21-16-14-15-19-25-32-44(48)52-42(40-49-37-28-11-8-5-2)41-50-38-29-12-9-6-3/h42,46H,4-41H2,1-3H3. The molecule has 0 bridgehead atoms. The van der Waals surface area contributed by atoms with E-state index in [9.17, 15) is 14.7 Å². The zero-order chi connectivity index (χ0) is 38.0. The number of unbranched alkanes of at least 4 members (excludes halogenated alkanes) is 22. The molecule has 0 amide bonds. The average molecular weight is 742 g/mol. The second-order valence-electron chi connectivity index (χ2n) is 15.0. The molecule has 0 aromatic heterocycles. The molecule has 0 aliphatic carbocycles. The third kappa shape index (κ3) is 38.5. The molecular formula is C44H87NO7. The van der Waals surface area contributed by atoms with Gasteiger partial charge in [-0.05, 0) is 58.0 Å². The minimum Gasteiger partial charge on any atom is -0.466 e. The first-order chi connectivity index (χ1) is 25.6. The molecule has 310 valence electrons. The van der Waals surface area contributed by atoms with Crippen molar-refractivity contribution in [1.82, 2.24) is 4.90 Å². The van der Waals surface area contributed by atoms with E-state index < -0.39 is 0 Å². The first-order valence-electron chi connectivity index (χ1n) is 22.4. The van der Waals surface area contributed by atoms with Gasteiger partial charge in [0.05, 0.1) is 26.4 Å². The lowest BCUT2D eigenvalue weighted by Crippen LogP contribution is -2.29. The monoisotopic (exact) mass is 742 g/mol. The van der Waals surface area contributed by atoms with Crippen LogP contribution in [0.3, 0.4) is 0 Å². The van der Waals surface area contributed by atoms with Gasteiger partial charge in [0.15, 0.2) is 0 Å². The fourth-order valence-electron chi connectivity index (χ4n) is 6.47. The number of aliphatic hydroxyl groups is 1. The third-order valence-corrected chi connectivity index (χ3v) is 9.83. The van der Waals surface area contributed by atoms with Crippen molar-refractivity contribution in [3.8, 4) is 0 Å². The molecule has 0 saturated carbocycles. The highest BCUT2D eigenvalue weighted by Crippen LogP contribution is 2.13. The number of carbonyl (C=O) groups excluding carboxylic acids is 2. The summed E-state index contributed by atoms with van der Waals surface area (Å²) in [5.74, 6) is -0.166. The van der Waals surface area contributed by atoms with Crippen LogP contribution in [-0.2, 0) is 28.5 Å². The number of ether oxygens (including phenoxy) is 4. The van der Waals surface area contributed by atoms with Crippen LogP contribution in [0.1, 0.15) is 207 Å². The zero-order valence-corrected chi connectivity index (χ0v) is 34.8. The van der Waals surface area contributed by atoms with Gasteiger partial charge in [-0.25, -0.2) is 0 Å². The molecule has 8 nitrogen and oxygen atoms in total. The van der Waals surface area contributed by atoms with E-state index in [1.807, 2.05) is 0 Å². The van der Waals surface area contributed by atoms with E-state index in [1.165, 1.54) is 103 Å². The summed E-state index contributed by atoms with van der Waals surface area (Å²) in [5.41, 5.74) is 0. The van der Waals surface area contributed by atoms with Crippen molar-refractivity contribution in [3.05, 3.63) is 0 Å². The maximum absolute atomic E-state index is 12.6. The normalized spacial score (nSPS) is 11.6. The molecule has 0 atom stereocenters. The number of carbonyl (C=O) groups is 2. The van der Waals surface area contributed by atoms with Crippen molar-refractivity contribution in [2.24, 2.45) is 0 Å². The Kier molecular flexibility index (Phi) is 41.5. The maximum Gasteiger partial charge on any atom is 0.306 e. The minimum atomic E-state index is -0.318. The van der Waals surface area contributed by atoms with E-state index in [4.69, 9.17) is 18.9 Å². The lowest BCUT2D eigenvalue weighted by atomic mass is 10.1. The number of rotatable bonds is 43. The quantitative estimate of drug-likeness (QED) is 0.0487. The largest absolute Gasteiger partial charge is 0.466 e. The minimum absolute atomic E-state index is 0.0342. The summed E-state index contributed by atoms with van der Waals surface area (Å²) in [6.07, 6.45) is 32.0. The molecule has 1 N–H and O–H groups in total. The summed E-state index contributed by atoms with van der Waals surface area (Å²) < 4.78 is 22.8. The molecule has 0 heterocycles. The lowest BCUT2D eigenvalue weighted by molar-refractivity contribution is -0.156. The second kappa shape index (κ2) is 42.5. The van der Waals surface area contributed by atoms with Crippen LogP contribution < -0.4 is 0 Å². The van der Waals surface area contributed by atoms with Crippen molar-refractivity contribution in [2.45, 2.75) is 213 Å². The van der Waals surface area contributed by atoms with Gasteiger partial charge in [0.2, 0.25) is 0 Å². The topological polar surface area (TPSA) is 94.5 Å². The summed E-state index contributed by atoms with van der Waals surface area (Å²) in [7, 11) is 0. The molecular weight excluding hydrogens is 654 g/mol. The molecule has 0 unspecified atom stereocenters.